The fourth-order valence-electron chi connectivity index (χ4n) is 3.58. The van der Waals surface area contributed by atoms with Crippen molar-refractivity contribution in [2.24, 2.45) is 0 Å². The number of carbonyl (C=O) groups is 1. The summed E-state index contributed by atoms with van der Waals surface area (Å²) in [6, 6.07) is 11.3. The average Bonchev–Trinajstić information content (AvgIpc) is 3.37. The number of fused-ring (bicyclic) bond motifs is 2. The third-order valence-electron chi connectivity index (χ3n) is 5.00. The van der Waals surface area contributed by atoms with E-state index in [0.29, 0.717) is 31.1 Å². The van der Waals surface area contributed by atoms with Crippen molar-refractivity contribution in [3.05, 3.63) is 65.9 Å². The maximum Gasteiger partial charge on any atom is 0.270 e. The summed E-state index contributed by atoms with van der Waals surface area (Å²) in [6.45, 7) is 1.00. The highest BCUT2D eigenvalue weighted by atomic mass is 16.5. The Balaban J connectivity index is 1.42. The van der Waals surface area contributed by atoms with E-state index in [9.17, 15) is 4.79 Å². The van der Waals surface area contributed by atoms with Crippen LogP contribution in [0.25, 0.3) is 22.4 Å². The molecule has 1 N–H and O–H groups in total. The first-order valence-electron chi connectivity index (χ1n) is 9.07. The van der Waals surface area contributed by atoms with Crippen molar-refractivity contribution < 1.29 is 13.9 Å². The Hall–Kier alpha value is -3.61. The topological polar surface area (TPSA) is 84.3 Å². The lowest BCUT2D eigenvalue weighted by Gasteiger charge is -2.24. The first kappa shape index (κ1) is 16.6. The Morgan fingerprint density at radius 1 is 1.29 bits per heavy atom. The molecule has 140 valence electrons. The van der Waals surface area contributed by atoms with Gasteiger partial charge in [0.05, 0.1) is 19.2 Å². The number of hydrogen-bond acceptors (Lipinski definition) is 5. The third-order valence-corrected chi connectivity index (χ3v) is 5.00. The van der Waals surface area contributed by atoms with E-state index in [-0.39, 0.29) is 5.91 Å². The van der Waals surface area contributed by atoms with Crippen LogP contribution in [0.15, 0.2) is 53.2 Å². The summed E-state index contributed by atoms with van der Waals surface area (Å²) in [7, 11) is 1.62. The molecule has 0 spiro atoms. The molecule has 28 heavy (non-hydrogen) atoms. The van der Waals surface area contributed by atoms with Crippen LogP contribution >= 0.6 is 0 Å². The van der Waals surface area contributed by atoms with E-state index < -0.39 is 0 Å². The molecule has 0 aliphatic carbocycles. The van der Waals surface area contributed by atoms with E-state index in [1.165, 1.54) is 0 Å². The van der Waals surface area contributed by atoms with Crippen LogP contribution in [0.5, 0.6) is 5.75 Å². The minimum Gasteiger partial charge on any atom is -0.496 e. The molecule has 0 unspecified atom stereocenters. The fraction of sp³-hybridized carbons (Fsp3) is 0.190. The van der Waals surface area contributed by atoms with Crippen molar-refractivity contribution in [2.45, 2.75) is 13.0 Å². The van der Waals surface area contributed by atoms with Crippen molar-refractivity contribution in [1.82, 2.24) is 19.9 Å². The number of oxazole rings is 1. The van der Waals surface area contributed by atoms with Crippen LogP contribution in [0.1, 0.15) is 21.9 Å². The van der Waals surface area contributed by atoms with Crippen molar-refractivity contribution in [3.8, 4) is 17.2 Å². The van der Waals surface area contributed by atoms with E-state index in [1.807, 2.05) is 36.4 Å². The van der Waals surface area contributed by atoms with E-state index in [2.05, 4.69) is 15.0 Å². The van der Waals surface area contributed by atoms with Crippen molar-refractivity contribution in [2.75, 3.05) is 13.7 Å². The molecule has 1 aliphatic heterocycles. The van der Waals surface area contributed by atoms with Crippen LogP contribution in [-0.4, -0.2) is 39.4 Å². The normalized spacial score (nSPS) is 13.5. The van der Waals surface area contributed by atoms with E-state index >= 15 is 0 Å². The molecule has 0 saturated carbocycles. The molecule has 7 heteroatoms. The SMILES string of the molecule is COc1cccc2[nH]c(C(=O)N3CCc4oc(-c5cccnc5)nc4C3)cc12. The second-order valence-corrected chi connectivity index (χ2v) is 6.71. The quantitative estimate of drug-likeness (QED) is 0.594. The summed E-state index contributed by atoms with van der Waals surface area (Å²) in [4.78, 5) is 26.7. The Bertz CT molecular complexity index is 1160. The van der Waals surface area contributed by atoms with Crippen LogP contribution in [0.4, 0.5) is 0 Å². The van der Waals surface area contributed by atoms with Gasteiger partial charge in [-0.25, -0.2) is 4.98 Å². The molecule has 5 rings (SSSR count). The van der Waals surface area contributed by atoms with E-state index in [4.69, 9.17) is 9.15 Å². The van der Waals surface area contributed by atoms with Crippen LogP contribution in [0, 0.1) is 0 Å². The van der Waals surface area contributed by atoms with Gasteiger partial charge in [0.25, 0.3) is 5.91 Å². The number of hydrogen-bond donors (Lipinski definition) is 1. The number of H-pyrrole nitrogens is 1. The number of amides is 1. The molecule has 0 saturated heterocycles. The Morgan fingerprint density at radius 2 is 2.21 bits per heavy atom. The molecule has 0 fully saturated rings. The van der Waals surface area contributed by atoms with Gasteiger partial charge in [0, 0.05) is 36.3 Å². The lowest BCUT2D eigenvalue weighted by atomic mass is 10.1. The Kier molecular flexibility index (Phi) is 3.86. The number of benzene rings is 1. The summed E-state index contributed by atoms with van der Waals surface area (Å²) in [5, 5.41) is 0.895. The summed E-state index contributed by atoms with van der Waals surface area (Å²) < 4.78 is 11.3. The van der Waals surface area contributed by atoms with Gasteiger partial charge in [-0.3, -0.25) is 9.78 Å². The molecule has 0 radical (unpaired) electrons. The van der Waals surface area contributed by atoms with Crippen molar-refractivity contribution >= 4 is 16.8 Å². The van der Waals surface area contributed by atoms with Gasteiger partial charge in [-0.15, -0.1) is 0 Å². The second kappa shape index (κ2) is 6.53. The zero-order valence-corrected chi connectivity index (χ0v) is 15.3. The zero-order valence-electron chi connectivity index (χ0n) is 15.3. The van der Waals surface area contributed by atoms with Crippen LogP contribution in [0.3, 0.4) is 0 Å². The Labute approximate surface area is 161 Å². The maximum absolute atomic E-state index is 13.0. The maximum atomic E-state index is 13.0. The lowest BCUT2D eigenvalue weighted by Crippen LogP contribution is -2.36. The molecule has 1 aromatic carbocycles. The molecular formula is C21H18N4O3. The molecular weight excluding hydrogens is 356 g/mol. The first-order chi connectivity index (χ1) is 13.7. The molecule has 4 aromatic rings. The predicted molar refractivity (Wildman–Crippen MR) is 103 cm³/mol. The number of aromatic nitrogens is 3. The number of carbonyl (C=O) groups excluding carboxylic acids is 1. The molecule has 3 aromatic heterocycles. The average molecular weight is 374 g/mol. The van der Waals surface area contributed by atoms with Crippen LogP contribution in [0.2, 0.25) is 0 Å². The van der Waals surface area contributed by atoms with Gasteiger partial charge in [0.1, 0.15) is 22.9 Å². The number of aromatic amines is 1. The highest BCUT2D eigenvalue weighted by molar-refractivity contribution is 5.99. The van der Waals surface area contributed by atoms with Gasteiger partial charge in [-0.1, -0.05) is 6.07 Å². The lowest BCUT2D eigenvalue weighted by molar-refractivity contribution is 0.0723. The molecule has 4 heterocycles. The summed E-state index contributed by atoms with van der Waals surface area (Å²) >= 11 is 0. The van der Waals surface area contributed by atoms with Gasteiger partial charge in [-0.05, 0) is 30.3 Å². The van der Waals surface area contributed by atoms with Gasteiger partial charge in [0.15, 0.2) is 0 Å². The minimum absolute atomic E-state index is 0.0603. The summed E-state index contributed by atoms with van der Waals surface area (Å²) in [5.74, 6) is 2.06. The summed E-state index contributed by atoms with van der Waals surface area (Å²) in [6.07, 6.45) is 4.07. The molecule has 7 nitrogen and oxygen atoms in total. The third kappa shape index (κ3) is 2.72. The highest BCUT2D eigenvalue weighted by Crippen LogP contribution is 2.29. The number of rotatable bonds is 3. The van der Waals surface area contributed by atoms with E-state index in [1.54, 1.807) is 24.4 Å². The first-order valence-corrected chi connectivity index (χ1v) is 9.07. The number of ether oxygens (including phenoxy) is 1. The van der Waals surface area contributed by atoms with E-state index in [0.717, 1.165) is 33.7 Å². The molecule has 1 aliphatic rings. The van der Waals surface area contributed by atoms with Gasteiger partial charge in [0.2, 0.25) is 5.89 Å². The fourth-order valence-corrected chi connectivity index (χ4v) is 3.58. The van der Waals surface area contributed by atoms with Crippen LogP contribution in [-0.2, 0) is 13.0 Å². The molecule has 0 atom stereocenters. The number of nitrogens with zero attached hydrogens (tertiary/aromatic N) is 3. The predicted octanol–water partition coefficient (Wildman–Crippen LogP) is 3.43. The van der Waals surface area contributed by atoms with Gasteiger partial charge < -0.3 is 19.0 Å². The van der Waals surface area contributed by atoms with Gasteiger partial charge >= 0.3 is 0 Å². The van der Waals surface area contributed by atoms with Crippen molar-refractivity contribution in [3.63, 3.8) is 0 Å². The zero-order chi connectivity index (χ0) is 19.1. The largest absolute Gasteiger partial charge is 0.496 e. The standard InChI is InChI=1S/C21H18N4O3/c1-27-18-6-2-5-15-14(18)10-16(23-15)21(26)25-9-7-19-17(12-25)24-20(28-19)13-4-3-8-22-11-13/h2-6,8,10-11,23H,7,9,12H2,1H3. The van der Waals surface area contributed by atoms with Crippen molar-refractivity contribution in [1.29, 1.82) is 0 Å². The number of methoxy groups -OCH3 is 1. The smallest absolute Gasteiger partial charge is 0.270 e. The minimum atomic E-state index is -0.0603. The highest BCUT2D eigenvalue weighted by Gasteiger charge is 2.27. The van der Waals surface area contributed by atoms with Gasteiger partial charge in [-0.2, -0.15) is 0 Å². The molecule has 1 amide bonds. The second-order valence-electron chi connectivity index (χ2n) is 6.71. The van der Waals surface area contributed by atoms with Crippen LogP contribution < -0.4 is 4.74 Å². The Morgan fingerprint density at radius 3 is 3.04 bits per heavy atom. The summed E-state index contributed by atoms with van der Waals surface area (Å²) in [5.41, 5.74) is 3.05. The molecule has 0 bridgehead atoms. The number of pyridine rings is 1. The monoisotopic (exact) mass is 374 g/mol. The number of nitrogens with one attached hydrogen (secondary N) is 1.